The fourth-order valence-corrected chi connectivity index (χ4v) is 2.20. The molecule has 140 valence electrons. The summed E-state index contributed by atoms with van der Waals surface area (Å²) in [5, 5.41) is 4.27. The van der Waals surface area contributed by atoms with E-state index < -0.39 is 0 Å². The number of halogens is 1. The Balaban J connectivity index is 0.000000483. The second kappa shape index (κ2) is 15.0. The van der Waals surface area contributed by atoms with Crippen LogP contribution in [0.4, 0.5) is 0 Å². The van der Waals surface area contributed by atoms with Gasteiger partial charge in [-0.2, -0.15) is 0 Å². The van der Waals surface area contributed by atoms with Crippen LogP contribution in [0.2, 0.25) is 0 Å². The van der Waals surface area contributed by atoms with Gasteiger partial charge in [-0.1, -0.05) is 92.4 Å². The van der Waals surface area contributed by atoms with Crippen molar-refractivity contribution in [2.24, 2.45) is 5.92 Å². The third kappa shape index (κ3) is 13.6. The Morgan fingerprint density at radius 2 is 1.56 bits per heavy atom. The van der Waals surface area contributed by atoms with E-state index in [-0.39, 0.29) is 0 Å². The monoisotopic (exact) mass is 361 g/mol. The van der Waals surface area contributed by atoms with E-state index >= 15 is 0 Å². The van der Waals surface area contributed by atoms with Crippen molar-refractivity contribution in [3.8, 4) is 0 Å². The number of aryl methyl sites for hydroxylation is 2. The van der Waals surface area contributed by atoms with Gasteiger partial charge in [0.05, 0.1) is 0 Å². The summed E-state index contributed by atoms with van der Waals surface area (Å²) in [6, 6.07) is 8.48. The molecule has 1 aromatic rings. The summed E-state index contributed by atoms with van der Waals surface area (Å²) in [5.41, 5.74) is 4.05. The standard InChI is InChI=1S/C13H20ClN.C8H10.C2H6/c1-11(2)8-9-15-10-12-4-3-5-13(14)7-6-12;1-7-3-5-8(2)6-4-7;1-2/h3,5-7,11,15H,4,8-10H2,1-2H3;3-6H,1-2H3;1-2H3. The fraction of sp³-hybridized carbons (Fsp3) is 0.478. The molecule has 0 saturated carbocycles. The van der Waals surface area contributed by atoms with Crippen molar-refractivity contribution in [1.29, 1.82) is 0 Å². The molecule has 0 saturated heterocycles. The maximum absolute atomic E-state index is 5.90. The Morgan fingerprint density at radius 1 is 1.00 bits per heavy atom. The quantitative estimate of drug-likeness (QED) is 0.559. The zero-order valence-electron chi connectivity index (χ0n) is 16.9. The summed E-state index contributed by atoms with van der Waals surface area (Å²) in [6.07, 6.45) is 10.4. The highest BCUT2D eigenvalue weighted by Crippen LogP contribution is 2.13. The second-order valence-electron chi connectivity index (χ2n) is 6.50. The highest BCUT2D eigenvalue weighted by atomic mass is 35.5. The topological polar surface area (TPSA) is 12.0 Å². The van der Waals surface area contributed by atoms with E-state index in [9.17, 15) is 0 Å². The molecule has 1 aliphatic rings. The Hall–Kier alpha value is -1.31. The van der Waals surface area contributed by atoms with Gasteiger partial charge in [-0.05, 0) is 51.3 Å². The molecule has 0 aliphatic heterocycles. The Kier molecular flexibility index (Phi) is 14.2. The predicted molar refractivity (Wildman–Crippen MR) is 115 cm³/mol. The van der Waals surface area contributed by atoms with Crippen molar-refractivity contribution in [2.75, 3.05) is 13.1 Å². The molecule has 0 spiro atoms. The summed E-state index contributed by atoms with van der Waals surface area (Å²) in [6.45, 7) is 14.8. The normalized spacial score (nSPS) is 13.0. The SMILES string of the molecule is CC.CC(C)CCNCC1=CC=C(Cl)C=CC1.Cc1ccc(C)cc1. The lowest BCUT2D eigenvalue weighted by molar-refractivity contribution is 0.548. The van der Waals surface area contributed by atoms with Gasteiger partial charge in [-0.3, -0.25) is 0 Å². The van der Waals surface area contributed by atoms with Gasteiger partial charge in [0, 0.05) is 11.6 Å². The Morgan fingerprint density at radius 3 is 2.08 bits per heavy atom. The summed E-state index contributed by atoms with van der Waals surface area (Å²) in [4.78, 5) is 0. The van der Waals surface area contributed by atoms with E-state index in [2.05, 4.69) is 69.4 Å². The maximum Gasteiger partial charge on any atom is 0.0402 e. The first kappa shape index (κ1) is 23.7. The molecule has 2 heteroatoms. The van der Waals surface area contributed by atoms with E-state index in [1.165, 1.54) is 23.1 Å². The number of hydrogen-bond acceptors (Lipinski definition) is 1. The molecular formula is C23H36ClN. The minimum Gasteiger partial charge on any atom is -0.313 e. The molecule has 0 heterocycles. The maximum atomic E-state index is 5.90. The van der Waals surface area contributed by atoms with Crippen LogP contribution < -0.4 is 5.32 Å². The third-order valence-corrected chi connectivity index (χ3v) is 3.86. The number of benzene rings is 1. The van der Waals surface area contributed by atoms with Crippen LogP contribution in [-0.2, 0) is 0 Å². The molecule has 0 aromatic heterocycles. The summed E-state index contributed by atoms with van der Waals surface area (Å²) >= 11 is 5.90. The van der Waals surface area contributed by atoms with E-state index in [0.29, 0.717) is 0 Å². The molecule has 0 bridgehead atoms. The van der Waals surface area contributed by atoms with Crippen LogP contribution in [0.3, 0.4) is 0 Å². The van der Waals surface area contributed by atoms with Crippen molar-refractivity contribution in [3.05, 3.63) is 70.3 Å². The van der Waals surface area contributed by atoms with Crippen LogP contribution in [0.5, 0.6) is 0 Å². The van der Waals surface area contributed by atoms with Crippen LogP contribution in [0.15, 0.2) is 59.2 Å². The molecule has 2 rings (SSSR count). The first-order chi connectivity index (χ1) is 12.0. The van der Waals surface area contributed by atoms with Gasteiger partial charge in [0.15, 0.2) is 0 Å². The van der Waals surface area contributed by atoms with Crippen LogP contribution in [0.25, 0.3) is 0 Å². The second-order valence-corrected chi connectivity index (χ2v) is 6.93. The van der Waals surface area contributed by atoms with E-state index in [0.717, 1.165) is 30.5 Å². The largest absolute Gasteiger partial charge is 0.313 e. The van der Waals surface area contributed by atoms with Crippen molar-refractivity contribution < 1.29 is 0 Å². The van der Waals surface area contributed by atoms with Crippen LogP contribution in [0.1, 0.15) is 51.7 Å². The lowest BCUT2D eigenvalue weighted by Crippen LogP contribution is -2.19. The molecule has 1 nitrogen and oxygen atoms in total. The Labute approximate surface area is 160 Å². The average molecular weight is 362 g/mol. The van der Waals surface area contributed by atoms with Gasteiger partial charge in [-0.25, -0.2) is 0 Å². The summed E-state index contributed by atoms with van der Waals surface area (Å²) in [5.74, 6) is 0.773. The Bertz CT molecular complexity index is 515. The van der Waals surface area contributed by atoms with Gasteiger partial charge in [0.2, 0.25) is 0 Å². The van der Waals surface area contributed by atoms with Gasteiger partial charge in [0.25, 0.3) is 0 Å². The first-order valence-electron chi connectivity index (χ1n) is 9.43. The number of allylic oxidation sites excluding steroid dienone is 5. The molecule has 0 amide bonds. The lowest BCUT2D eigenvalue weighted by atomic mass is 10.1. The molecule has 0 atom stereocenters. The van der Waals surface area contributed by atoms with Gasteiger partial charge in [-0.15, -0.1) is 0 Å². The zero-order chi connectivity index (χ0) is 19.1. The van der Waals surface area contributed by atoms with Crippen molar-refractivity contribution in [3.63, 3.8) is 0 Å². The molecule has 0 radical (unpaired) electrons. The minimum absolute atomic E-state index is 0.773. The smallest absolute Gasteiger partial charge is 0.0402 e. The number of nitrogens with one attached hydrogen (secondary N) is 1. The summed E-state index contributed by atoms with van der Waals surface area (Å²) < 4.78 is 0. The van der Waals surface area contributed by atoms with Crippen LogP contribution in [-0.4, -0.2) is 13.1 Å². The lowest BCUT2D eigenvalue weighted by Gasteiger charge is -2.08. The highest BCUT2D eigenvalue weighted by Gasteiger charge is 1.98. The van der Waals surface area contributed by atoms with Gasteiger partial charge < -0.3 is 5.32 Å². The zero-order valence-corrected chi connectivity index (χ0v) is 17.7. The van der Waals surface area contributed by atoms with E-state index in [1.54, 1.807) is 0 Å². The highest BCUT2D eigenvalue weighted by molar-refractivity contribution is 6.31. The molecule has 1 aromatic carbocycles. The minimum atomic E-state index is 0.773. The third-order valence-electron chi connectivity index (χ3n) is 3.60. The fourth-order valence-electron chi connectivity index (χ4n) is 2.05. The number of hydrogen-bond donors (Lipinski definition) is 1. The van der Waals surface area contributed by atoms with Crippen LogP contribution in [0, 0.1) is 19.8 Å². The predicted octanol–water partition coefficient (Wildman–Crippen LogP) is 6.96. The van der Waals surface area contributed by atoms with Gasteiger partial charge >= 0.3 is 0 Å². The molecule has 0 unspecified atom stereocenters. The molecular weight excluding hydrogens is 326 g/mol. The van der Waals surface area contributed by atoms with Crippen molar-refractivity contribution in [1.82, 2.24) is 5.32 Å². The molecule has 1 N–H and O–H groups in total. The molecule has 25 heavy (non-hydrogen) atoms. The van der Waals surface area contributed by atoms with Crippen molar-refractivity contribution >= 4 is 11.6 Å². The van der Waals surface area contributed by atoms with E-state index in [1.807, 2.05) is 26.0 Å². The molecule has 0 fully saturated rings. The molecule has 1 aliphatic carbocycles. The van der Waals surface area contributed by atoms with E-state index in [4.69, 9.17) is 11.6 Å². The average Bonchev–Trinajstić information content (AvgIpc) is 2.81. The van der Waals surface area contributed by atoms with Crippen molar-refractivity contribution in [2.45, 2.75) is 54.4 Å². The van der Waals surface area contributed by atoms with Crippen LogP contribution >= 0.6 is 11.6 Å². The summed E-state index contributed by atoms with van der Waals surface area (Å²) in [7, 11) is 0. The first-order valence-corrected chi connectivity index (χ1v) is 9.81. The number of rotatable bonds is 5. The van der Waals surface area contributed by atoms with Gasteiger partial charge in [0.1, 0.15) is 0 Å².